The third kappa shape index (κ3) is 4.43. The summed E-state index contributed by atoms with van der Waals surface area (Å²) < 4.78 is 83.1. The molecule has 0 bridgehead atoms. The van der Waals surface area contributed by atoms with Crippen LogP contribution in [0.4, 0.5) is 26.3 Å². The van der Waals surface area contributed by atoms with E-state index in [1.807, 2.05) is 13.1 Å². The summed E-state index contributed by atoms with van der Waals surface area (Å²) in [5, 5.41) is 0.891. The SMILES string of the molecule is CO[Si](C)(C)c1ccc(-c2cc(C(F)(F)F)cc(C(F)(F)F)c2)cc1. The Kier molecular flexibility index (Phi) is 5.07. The van der Waals surface area contributed by atoms with Gasteiger partial charge in [-0.25, -0.2) is 0 Å². The fraction of sp³-hybridized carbons (Fsp3) is 0.294. The molecule has 0 fully saturated rings. The third-order valence-electron chi connectivity index (χ3n) is 4.01. The Bertz CT molecular complexity index is 715. The Labute approximate surface area is 142 Å². The second-order valence-electron chi connectivity index (χ2n) is 6.09. The number of rotatable bonds is 3. The van der Waals surface area contributed by atoms with Crippen molar-refractivity contribution in [3.63, 3.8) is 0 Å². The Morgan fingerprint density at radius 2 is 1.16 bits per heavy atom. The molecule has 0 aliphatic rings. The van der Waals surface area contributed by atoms with Gasteiger partial charge in [0.15, 0.2) is 0 Å². The Hall–Kier alpha value is -1.80. The number of hydrogen-bond acceptors (Lipinski definition) is 1. The third-order valence-corrected chi connectivity index (χ3v) is 6.76. The monoisotopic (exact) mass is 378 g/mol. The van der Waals surface area contributed by atoms with Crippen LogP contribution in [-0.2, 0) is 16.8 Å². The molecule has 0 aliphatic heterocycles. The molecule has 0 saturated heterocycles. The lowest BCUT2D eigenvalue weighted by molar-refractivity contribution is -0.143. The average Bonchev–Trinajstić information content (AvgIpc) is 2.53. The first-order valence-corrected chi connectivity index (χ1v) is 10.2. The average molecular weight is 378 g/mol. The van der Waals surface area contributed by atoms with Gasteiger partial charge < -0.3 is 4.43 Å². The van der Waals surface area contributed by atoms with E-state index in [0.29, 0.717) is 0 Å². The molecule has 0 radical (unpaired) electrons. The smallest absolute Gasteiger partial charge is 0.416 e. The minimum Gasteiger partial charge on any atom is -0.416 e. The van der Waals surface area contributed by atoms with E-state index in [2.05, 4.69) is 0 Å². The van der Waals surface area contributed by atoms with E-state index in [9.17, 15) is 26.3 Å². The van der Waals surface area contributed by atoms with Crippen LogP contribution in [0.2, 0.25) is 13.1 Å². The molecular formula is C17H16F6OSi. The van der Waals surface area contributed by atoms with Crippen molar-refractivity contribution in [3.8, 4) is 11.1 Å². The predicted molar refractivity (Wildman–Crippen MR) is 86.0 cm³/mol. The highest BCUT2D eigenvalue weighted by Gasteiger charge is 2.37. The van der Waals surface area contributed by atoms with Crippen molar-refractivity contribution < 1.29 is 30.8 Å². The molecule has 8 heteroatoms. The van der Waals surface area contributed by atoms with Crippen LogP contribution in [0.15, 0.2) is 42.5 Å². The normalized spacial score (nSPS) is 13.2. The molecular weight excluding hydrogens is 362 g/mol. The maximum Gasteiger partial charge on any atom is 0.416 e. The molecule has 0 saturated carbocycles. The first-order valence-electron chi connectivity index (χ1n) is 7.30. The number of hydrogen-bond donors (Lipinski definition) is 0. The Balaban J connectivity index is 2.55. The minimum atomic E-state index is -4.86. The fourth-order valence-corrected chi connectivity index (χ4v) is 3.51. The highest BCUT2D eigenvalue weighted by Crippen LogP contribution is 2.38. The number of halogens is 6. The molecule has 136 valence electrons. The molecule has 0 amide bonds. The van der Waals surface area contributed by atoms with Gasteiger partial charge in [0, 0.05) is 7.11 Å². The largest absolute Gasteiger partial charge is 0.416 e. The summed E-state index contributed by atoms with van der Waals surface area (Å²) in [6.45, 7) is 3.88. The summed E-state index contributed by atoms with van der Waals surface area (Å²) in [5.41, 5.74) is -2.51. The lowest BCUT2D eigenvalue weighted by atomic mass is 9.99. The highest BCUT2D eigenvalue weighted by molar-refractivity contribution is 6.84. The zero-order valence-electron chi connectivity index (χ0n) is 13.7. The van der Waals surface area contributed by atoms with Gasteiger partial charge in [-0.2, -0.15) is 26.3 Å². The van der Waals surface area contributed by atoms with Crippen LogP contribution in [-0.4, -0.2) is 15.4 Å². The van der Waals surface area contributed by atoms with Gasteiger partial charge in [0.2, 0.25) is 8.32 Å². The molecule has 1 nitrogen and oxygen atoms in total. The summed E-state index contributed by atoms with van der Waals surface area (Å²) >= 11 is 0. The van der Waals surface area contributed by atoms with E-state index in [0.717, 1.165) is 17.3 Å². The van der Waals surface area contributed by atoms with E-state index in [4.69, 9.17) is 4.43 Å². The van der Waals surface area contributed by atoms with Crippen molar-refractivity contribution in [3.05, 3.63) is 53.6 Å². The lowest BCUT2D eigenvalue weighted by Crippen LogP contribution is -2.43. The van der Waals surface area contributed by atoms with Crippen LogP contribution in [0.25, 0.3) is 11.1 Å². The van der Waals surface area contributed by atoms with Crippen molar-refractivity contribution in [1.29, 1.82) is 0 Å². The van der Waals surface area contributed by atoms with Gasteiger partial charge in [-0.3, -0.25) is 0 Å². The molecule has 0 spiro atoms. The van der Waals surface area contributed by atoms with Crippen molar-refractivity contribution in [2.45, 2.75) is 25.4 Å². The molecule has 0 unspecified atom stereocenters. The standard InChI is InChI=1S/C17H16F6OSi/c1-24-25(2,3)15-6-4-11(5-7-15)12-8-13(16(18,19)20)10-14(9-12)17(21,22)23/h4-10H,1-3H3. The van der Waals surface area contributed by atoms with Crippen LogP contribution >= 0.6 is 0 Å². The first-order chi connectivity index (χ1) is 11.3. The summed E-state index contributed by atoms with van der Waals surface area (Å²) in [6, 6.07) is 7.96. The lowest BCUT2D eigenvalue weighted by Gasteiger charge is -2.21. The summed E-state index contributed by atoms with van der Waals surface area (Å²) in [6.07, 6.45) is -9.72. The fourth-order valence-electron chi connectivity index (χ4n) is 2.30. The van der Waals surface area contributed by atoms with Crippen LogP contribution in [0, 0.1) is 0 Å². The zero-order chi connectivity index (χ0) is 19.0. The Morgan fingerprint density at radius 1 is 0.720 bits per heavy atom. The molecule has 0 atom stereocenters. The minimum absolute atomic E-state index is 0.124. The first kappa shape index (κ1) is 19.5. The second kappa shape index (κ2) is 6.49. The van der Waals surface area contributed by atoms with E-state index in [1.165, 1.54) is 12.1 Å². The van der Waals surface area contributed by atoms with Crippen LogP contribution in [0.3, 0.4) is 0 Å². The predicted octanol–water partition coefficient (Wildman–Crippen LogP) is 5.45. The van der Waals surface area contributed by atoms with Crippen LogP contribution in [0.5, 0.6) is 0 Å². The maximum absolute atomic E-state index is 12.9. The summed E-state index contributed by atoms with van der Waals surface area (Å²) in [4.78, 5) is 0. The number of benzene rings is 2. The molecule has 0 aliphatic carbocycles. The second-order valence-corrected chi connectivity index (χ2v) is 10.1. The van der Waals surface area contributed by atoms with Gasteiger partial charge >= 0.3 is 12.4 Å². The van der Waals surface area contributed by atoms with Gasteiger partial charge in [-0.1, -0.05) is 24.3 Å². The van der Waals surface area contributed by atoms with E-state index >= 15 is 0 Å². The molecule has 0 heterocycles. The summed E-state index contributed by atoms with van der Waals surface area (Å²) in [7, 11) is -0.547. The van der Waals surface area contributed by atoms with Crippen LogP contribution < -0.4 is 5.19 Å². The zero-order valence-corrected chi connectivity index (χ0v) is 14.7. The quantitative estimate of drug-likeness (QED) is 0.510. The summed E-state index contributed by atoms with van der Waals surface area (Å²) in [5.74, 6) is 0. The van der Waals surface area contributed by atoms with Gasteiger partial charge in [0.25, 0.3) is 0 Å². The molecule has 2 aromatic carbocycles. The molecule has 2 rings (SSSR count). The van der Waals surface area contributed by atoms with Gasteiger partial charge in [-0.05, 0) is 47.6 Å². The van der Waals surface area contributed by atoms with Crippen molar-refractivity contribution in [2.75, 3.05) is 7.11 Å². The van der Waals surface area contributed by atoms with Gasteiger partial charge in [0.1, 0.15) is 0 Å². The molecule has 2 aromatic rings. The topological polar surface area (TPSA) is 9.23 Å². The van der Waals surface area contributed by atoms with E-state index in [1.54, 1.807) is 19.2 Å². The highest BCUT2D eigenvalue weighted by atomic mass is 28.4. The van der Waals surface area contributed by atoms with Gasteiger partial charge in [0.05, 0.1) is 11.1 Å². The Morgan fingerprint density at radius 3 is 1.52 bits per heavy atom. The maximum atomic E-state index is 12.9. The van der Waals surface area contributed by atoms with Crippen molar-refractivity contribution >= 4 is 13.5 Å². The molecule has 0 N–H and O–H groups in total. The van der Waals surface area contributed by atoms with Gasteiger partial charge in [-0.15, -0.1) is 0 Å². The van der Waals surface area contributed by atoms with E-state index < -0.39 is 31.8 Å². The van der Waals surface area contributed by atoms with E-state index in [-0.39, 0.29) is 17.2 Å². The number of alkyl halides is 6. The molecule has 25 heavy (non-hydrogen) atoms. The van der Waals surface area contributed by atoms with Crippen molar-refractivity contribution in [1.82, 2.24) is 0 Å². The van der Waals surface area contributed by atoms with Crippen LogP contribution in [0.1, 0.15) is 11.1 Å². The van der Waals surface area contributed by atoms with Crippen molar-refractivity contribution in [2.24, 2.45) is 0 Å². The molecule has 0 aromatic heterocycles.